The molecule has 2 aromatic heterocycles. The second-order valence-electron chi connectivity index (χ2n) is 3.32. The molecule has 8 nitrogen and oxygen atoms in total. The van der Waals surface area contributed by atoms with Crippen LogP contribution in [-0.4, -0.2) is 37.1 Å². The van der Waals surface area contributed by atoms with Crippen LogP contribution in [0.5, 0.6) is 0 Å². The van der Waals surface area contributed by atoms with E-state index < -0.39 is 11.9 Å². The quantitative estimate of drug-likeness (QED) is 0.689. The molecule has 2 rings (SSSR count). The molecule has 0 aliphatic heterocycles. The first-order valence-corrected chi connectivity index (χ1v) is 4.99. The van der Waals surface area contributed by atoms with Crippen LogP contribution >= 0.6 is 0 Å². The van der Waals surface area contributed by atoms with Gasteiger partial charge in [-0.05, 0) is 12.1 Å². The van der Waals surface area contributed by atoms with Crippen LogP contribution in [0.15, 0.2) is 24.7 Å². The molecule has 0 aliphatic carbocycles. The van der Waals surface area contributed by atoms with Crippen LogP contribution in [0.3, 0.4) is 0 Å². The zero-order valence-corrected chi connectivity index (χ0v) is 9.12. The van der Waals surface area contributed by atoms with Gasteiger partial charge in [-0.3, -0.25) is 14.9 Å². The lowest BCUT2D eigenvalue weighted by molar-refractivity contribution is 0.0690. The Balaban J connectivity index is 2.11. The van der Waals surface area contributed by atoms with Crippen molar-refractivity contribution in [3.8, 4) is 0 Å². The smallest absolute Gasteiger partial charge is 0.338 e. The van der Waals surface area contributed by atoms with Gasteiger partial charge in [-0.15, -0.1) is 0 Å². The van der Waals surface area contributed by atoms with Gasteiger partial charge in [0.2, 0.25) is 0 Å². The van der Waals surface area contributed by atoms with Gasteiger partial charge >= 0.3 is 5.97 Å². The Hall–Kier alpha value is -2.77. The molecule has 0 bridgehead atoms. The zero-order chi connectivity index (χ0) is 13.0. The predicted octanol–water partition coefficient (Wildman–Crippen LogP) is -0.172. The fourth-order valence-corrected chi connectivity index (χ4v) is 1.32. The van der Waals surface area contributed by atoms with E-state index in [1.807, 2.05) is 0 Å². The minimum absolute atomic E-state index is 0.120. The molecule has 92 valence electrons. The topological polar surface area (TPSA) is 121 Å². The third-order valence-electron chi connectivity index (χ3n) is 2.13. The number of amides is 1. The van der Waals surface area contributed by atoms with Gasteiger partial charge in [0.05, 0.1) is 12.1 Å². The van der Waals surface area contributed by atoms with Gasteiger partial charge in [0.25, 0.3) is 5.91 Å². The number of nitrogens with one attached hydrogen (secondary N) is 2. The number of nitrogens with zero attached hydrogens (tertiary/aromatic N) is 3. The van der Waals surface area contributed by atoms with E-state index in [0.717, 1.165) is 0 Å². The monoisotopic (exact) mass is 247 g/mol. The Morgan fingerprint density at radius 2 is 2.22 bits per heavy atom. The minimum atomic E-state index is -1.20. The number of aromatic nitrogens is 4. The molecule has 2 aromatic rings. The van der Waals surface area contributed by atoms with Crippen LogP contribution in [-0.2, 0) is 6.54 Å². The first kappa shape index (κ1) is 11.7. The molecular formula is C10H9N5O3. The number of pyridine rings is 1. The van der Waals surface area contributed by atoms with Crippen molar-refractivity contribution in [3.05, 3.63) is 41.7 Å². The summed E-state index contributed by atoms with van der Waals surface area (Å²) in [5, 5.41) is 17.6. The molecule has 1 amide bonds. The molecule has 3 N–H and O–H groups in total. The number of rotatable bonds is 4. The third kappa shape index (κ3) is 2.48. The second-order valence-corrected chi connectivity index (χ2v) is 3.32. The largest absolute Gasteiger partial charge is 0.478 e. The summed E-state index contributed by atoms with van der Waals surface area (Å²) in [4.78, 5) is 30.3. The first-order valence-electron chi connectivity index (χ1n) is 4.99. The maximum Gasteiger partial charge on any atom is 0.338 e. The van der Waals surface area contributed by atoms with E-state index in [1.165, 1.54) is 24.7 Å². The number of hydrogen-bond acceptors (Lipinski definition) is 5. The Labute approximate surface area is 101 Å². The van der Waals surface area contributed by atoms with E-state index in [0.29, 0.717) is 5.82 Å². The van der Waals surface area contributed by atoms with E-state index in [2.05, 4.69) is 25.5 Å². The number of carboxylic acid groups (broad SMARTS) is 1. The Bertz CT molecular complexity index is 567. The maximum atomic E-state index is 11.8. The Kier molecular flexibility index (Phi) is 3.28. The van der Waals surface area contributed by atoms with E-state index in [-0.39, 0.29) is 17.8 Å². The standard InChI is InChI=1S/C10H9N5O3/c16-9(12-4-7-13-5-14-15-7)8-6(10(17)18)2-1-3-11-8/h1-3,5H,4H2,(H,12,16)(H,17,18)(H,13,14,15). The van der Waals surface area contributed by atoms with E-state index in [9.17, 15) is 9.59 Å². The molecule has 0 fully saturated rings. The number of aromatic amines is 1. The maximum absolute atomic E-state index is 11.8. The molecule has 0 radical (unpaired) electrons. The lowest BCUT2D eigenvalue weighted by atomic mass is 10.2. The molecule has 18 heavy (non-hydrogen) atoms. The molecule has 0 aromatic carbocycles. The highest BCUT2D eigenvalue weighted by Gasteiger charge is 2.17. The summed E-state index contributed by atoms with van der Waals surface area (Å²) < 4.78 is 0. The summed E-state index contributed by atoms with van der Waals surface area (Å²) in [6, 6.07) is 2.77. The molecule has 0 spiro atoms. The fourth-order valence-electron chi connectivity index (χ4n) is 1.32. The van der Waals surface area contributed by atoms with Gasteiger partial charge in [-0.1, -0.05) is 0 Å². The van der Waals surface area contributed by atoms with Crippen molar-refractivity contribution in [2.75, 3.05) is 0 Å². The molecule has 0 saturated heterocycles. The summed E-state index contributed by atoms with van der Waals surface area (Å²) in [7, 11) is 0. The van der Waals surface area contributed by atoms with Gasteiger partial charge in [0.15, 0.2) is 0 Å². The molecule has 8 heteroatoms. The number of aromatic carboxylic acids is 1. The van der Waals surface area contributed by atoms with Gasteiger partial charge in [-0.2, -0.15) is 5.10 Å². The predicted molar refractivity (Wildman–Crippen MR) is 58.7 cm³/mol. The van der Waals surface area contributed by atoms with E-state index in [4.69, 9.17) is 5.11 Å². The van der Waals surface area contributed by atoms with E-state index in [1.54, 1.807) is 0 Å². The number of carbonyl (C=O) groups is 2. The lowest BCUT2D eigenvalue weighted by Crippen LogP contribution is -2.26. The van der Waals surface area contributed by atoms with Gasteiger partial charge in [0.1, 0.15) is 17.8 Å². The Morgan fingerprint density at radius 1 is 1.39 bits per heavy atom. The minimum Gasteiger partial charge on any atom is -0.478 e. The third-order valence-corrected chi connectivity index (χ3v) is 2.13. The first-order chi connectivity index (χ1) is 8.68. The van der Waals surface area contributed by atoms with E-state index >= 15 is 0 Å². The average molecular weight is 247 g/mol. The fraction of sp³-hybridized carbons (Fsp3) is 0.100. The number of H-pyrrole nitrogens is 1. The summed E-state index contributed by atoms with van der Waals surface area (Å²) in [5.41, 5.74) is -0.280. The zero-order valence-electron chi connectivity index (χ0n) is 9.12. The van der Waals surface area contributed by atoms with Gasteiger partial charge in [0, 0.05) is 6.20 Å². The van der Waals surface area contributed by atoms with Gasteiger partial charge < -0.3 is 10.4 Å². The second kappa shape index (κ2) is 5.04. The van der Waals surface area contributed by atoms with Crippen LogP contribution < -0.4 is 5.32 Å². The number of carboxylic acids is 1. The van der Waals surface area contributed by atoms with Crippen molar-refractivity contribution >= 4 is 11.9 Å². The summed E-state index contributed by atoms with van der Waals surface area (Å²) in [6.45, 7) is 0.120. The summed E-state index contributed by atoms with van der Waals surface area (Å²) in [5.74, 6) is -1.31. The molecular weight excluding hydrogens is 238 g/mol. The van der Waals surface area contributed by atoms with Crippen molar-refractivity contribution in [2.45, 2.75) is 6.54 Å². The molecule has 0 saturated carbocycles. The number of hydrogen-bond donors (Lipinski definition) is 3. The summed E-state index contributed by atoms with van der Waals surface area (Å²) in [6.07, 6.45) is 2.67. The molecule has 0 atom stereocenters. The summed E-state index contributed by atoms with van der Waals surface area (Å²) >= 11 is 0. The van der Waals surface area contributed by atoms with Gasteiger partial charge in [-0.25, -0.2) is 9.78 Å². The van der Waals surface area contributed by atoms with Crippen LogP contribution in [0.1, 0.15) is 26.7 Å². The van der Waals surface area contributed by atoms with Crippen LogP contribution in [0.2, 0.25) is 0 Å². The molecule has 0 unspecified atom stereocenters. The average Bonchev–Trinajstić information content (AvgIpc) is 2.89. The lowest BCUT2D eigenvalue weighted by Gasteiger charge is -2.04. The van der Waals surface area contributed by atoms with Crippen LogP contribution in [0.25, 0.3) is 0 Å². The van der Waals surface area contributed by atoms with Crippen LogP contribution in [0, 0.1) is 0 Å². The molecule has 0 aliphatic rings. The van der Waals surface area contributed by atoms with Crippen molar-refractivity contribution in [3.63, 3.8) is 0 Å². The van der Waals surface area contributed by atoms with Crippen molar-refractivity contribution in [1.29, 1.82) is 0 Å². The normalized spacial score (nSPS) is 10.0. The highest BCUT2D eigenvalue weighted by Crippen LogP contribution is 2.05. The van der Waals surface area contributed by atoms with Crippen molar-refractivity contribution < 1.29 is 14.7 Å². The SMILES string of the molecule is O=C(O)c1cccnc1C(=O)NCc1ncn[nH]1. The van der Waals surface area contributed by atoms with Crippen molar-refractivity contribution in [2.24, 2.45) is 0 Å². The highest BCUT2D eigenvalue weighted by atomic mass is 16.4. The highest BCUT2D eigenvalue weighted by molar-refractivity contribution is 6.03. The van der Waals surface area contributed by atoms with Crippen LogP contribution in [0.4, 0.5) is 0 Å². The Morgan fingerprint density at radius 3 is 2.89 bits per heavy atom. The number of carbonyl (C=O) groups excluding carboxylic acids is 1. The molecule has 2 heterocycles. The van der Waals surface area contributed by atoms with Crippen molar-refractivity contribution in [1.82, 2.24) is 25.5 Å².